The number of carbonyl (C=O) groups is 1. The van der Waals surface area contributed by atoms with Gasteiger partial charge in [0.25, 0.3) is 0 Å². The molecular formula is C15H16N2O. The molecule has 0 saturated heterocycles. The second-order valence-electron chi connectivity index (χ2n) is 4.04. The molecule has 3 heteroatoms. The third kappa shape index (κ3) is 2.56. The Bertz CT molecular complexity index is 520. The first kappa shape index (κ1) is 12.3. The summed E-state index contributed by atoms with van der Waals surface area (Å²) in [6.07, 6.45) is 1.74. The average molecular weight is 240 g/mol. The van der Waals surface area contributed by atoms with Crippen LogP contribution in [-0.2, 0) is 0 Å². The van der Waals surface area contributed by atoms with Crippen LogP contribution < -0.4 is 4.90 Å². The summed E-state index contributed by atoms with van der Waals surface area (Å²) in [6, 6.07) is 13.8. The molecule has 3 nitrogen and oxygen atoms in total. The summed E-state index contributed by atoms with van der Waals surface area (Å²) in [4.78, 5) is 17.5. The topological polar surface area (TPSA) is 33.2 Å². The molecule has 0 spiro atoms. The van der Waals surface area contributed by atoms with Crippen molar-refractivity contribution < 1.29 is 4.79 Å². The number of anilines is 2. The number of nitrogens with zero attached hydrogens (tertiary/aromatic N) is 2. The van der Waals surface area contributed by atoms with Crippen molar-refractivity contribution in [3.63, 3.8) is 0 Å². The number of rotatable bonds is 4. The van der Waals surface area contributed by atoms with Crippen molar-refractivity contribution >= 4 is 17.2 Å². The molecular weight excluding hydrogens is 224 g/mol. The Balaban J connectivity index is 2.31. The fraction of sp³-hybridized carbons (Fsp3) is 0.200. The van der Waals surface area contributed by atoms with E-state index in [0.29, 0.717) is 5.69 Å². The van der Waals surface area contributed by atoms with Gasteiger partial charge in [0.05, 0.1) is 11.9 Å². The van der Waals surface area contributed by atoms with E-state index in [1.807, 2.05) is 24.3 Å². The normalized spacial score (nSPS) is 10.1. The van der Waals surface area contributed by atoms with Crippen LogP contribution in [0.5, 0.6) is 0 Å². The predicted octanol–water partition coefficient (Wildman–Crippen LogP) is 3.44. The zero-order valence-corrected chi connectivity index (χ0v) is 10.6. The minimum absolute atomic E-state index is 0.00990. The van der Waals surface area contributed by atoms with Crippen LogP contribution in [0.2, 0.25) is 0 Å². The van der Waals surface area contributed by atoms with Crippen molar-refractivity contribution in [2.75, 3.05) is 11.4 Å². The summed E-state index contributed by atoms with van der Waals surface area (Å²) in [6.45, 7) is 4.47. The van der Waals surface area contributed by atoms with Gasteiger partial charge in [-0.05, 0) is 31.2 Å². The Morgan fingerprint density at radius 1 is 1.11 bits per heavy atom. The maximum atomic E-state index is 11.2. The molecule has 0 N–H and O–H groups in total. The van der Waals surface area contributed by atoms with Crippen LogP contribution in [0.3, 0.4) is 0 Å². The van der Waals surface area contributed by atoms with Crippen LogP contribution in [0, 0.1) is 0 Å². The molecule has 0 saturated carbocycles. The Hall–Kier alpha value is -2.16. The number of pyridine rings is 1. The van der Waals surface area contributed by atoms with Crippen LogP contribution in [-0.4, -0.2) is 17.3 Å². The molecule has 2 rings (SSSR count). The van der Waals surface area contributed by atoms with Crippen molar-refractivity contribution in [2.45, 2.75) is 13.8 Å². The third-order valence-corrected chi connectivity index (χ3v) is 2.80. The molecule has 1 aromatic carbocycles. The number of carbonyl (C=O) groups excluding carboxylic acids is 1. The summed E-state index contributed by atoms with van der Waals surface area (Å²) in [5, 5.41) is 0. The molecule has 0 aliphatic heterocycles. The Kier molecular flexibility index (Phi) is 3.72. The Morgan fingerprint density at radius 3 is 2.33 bits per heavy atom. The van der Waals surface area contributed by atoms with E-state index < -0.39 is 0 Å². The standard InChI is InChI=1S/C15H16N2O/c1-3-17(13-7-5-4-6-8-13)14-9-10-15(12(2)18)16-11-14/h4-11H,3H2,1-2H3. The lowest BCUT2D eigenvalue weighted by Crippen LogP contribution is -2.16. The molecule has 0 unspecified atom stereocenters. The summed E-state index contributed by atoms with van der Waals surface area (Å²) in [7, 11) is 0. The lowest BCUT2D eigenvalue weighted by atomic mass is 10.2. The summed E-state index contributed by atoms with van der Waals surface area (Å²) < 4.78 is 0. The first-order valence-corrected chi connectivity index (χ1v) is 6.02. The molecule has 1 aromatic heterocycles. The molecule has 2 aromatic rings. The second-order valence-corrected chi connectivity index (χ2v) is 4.04. The first-order chi connectivity index (χ1) is 8.72. The van der Waals surface area contributed by atoms with E-state index in [0.717, 1.165) is 17.9 Å². The minimum atomic E-state index is -0.00990. The molecule has 92 valence electrons. The molecule has 0 bridgehead atoms. The van der Waals surface area contributed by atoms with Gasteiger partial charge in [0, 0.05) is 19.2 Å². The lowest BCUT2D eigenvalue weighted by Gasteiger charge is -2.22. The highest BCUT2D eigenvalue weighted by molar-refractivity contribution is 5.92. The number of hydrogen-bond donors (Lipinski definition) is 0. The smallest absolute Gasteiger partial charge is 0.178 e. The predicted molar refractivity (Wildman–Crippen MR) is 73.4 cm³/mol. The number of Topliss-reactive ketones (excluding diaryl/α,β-unsaturated/α-hetero) is 1. The van der Waals surface area contributed by atoms with Crippen molar-refractivity contribution in [3.05, 3.63) is 54.4 Å². The quantitative estimate of drug-likeness (QED) is 0.767. The van der Waals surface area contributed by atoms with Gasteiger partial charge in [-0.3, -0.25) is 9.78 Å². The third-order valence-electron chi connectivity index (χ3n) is 2.80. The van der Waals surface area contributed by atoms with E-state index in [2.05, 4.69) is 28.9 Å². The molecule has 1 heterocycles. The summed E-state index contributed by atoms with van der Waals surface area (Å²) in [5.74, 6) is -0.00990. The monoisotopic (exact) mass is 240 g/mol. The van der Waals surface area contributed by atoms with E-state index >= 15 is 0 Å². The van der Waals surface area contributed by atoms with Gasteiger partial charge in [0.1, 0.15) is 5.69 Å². The maximum Gasteiger partial charge on any atom is 0.178 e. The van der Waals surface area contributed by atoms with Gasteiger partial charge >= 0.3 is 0 Å². The van der Waals surface area contributed by atoms with Crippen LogP contribution in [0.15, 0.2) is 48.7 Å². The SMILES string of the molecule is CCN(c1ccccc1)c1ccc(C(C)=O)nc1. The summed E-state index contributed by atoms with van der Waals surface area (Å²) >= 11 is 0. The molecule has 0 atom stereocenters. The number of hydrogen-bond acceptors (Lipinski definition) is 3. The highest BCUT2D eigenvalue weighted by Crippen LogP contribution is 2.23. The van der Waals surface area contributed by atoms with Crippen LogP contribution in [0.25, 0.3) is 0 Å². The van der Waals surface area contributed by atoms with Gasteiger partial charge in [-0.25, -0.2) is 0 Å². The molecule has 0 radical (unpaired) electrons. The Labute approximate surface area is 107 Å². The molecule has 0 fully saturated rings. The van der Waals surface area contributed by atoms with Crippen molar-refractivity contribution in [3.8, 4) is 0 Å². The number of aromatic nitrogens is 1. The zero-order valence-electron chi connectivity index (χ0n) is 10.6. The molecule has 0 aliphatic carbocycles. The van der Waals surface area contributed by atoms with Gasteiger partial charge in [0.15, 0.2) is 5.78 Å². The number of para-hydroxylation sites is 1. The van der Waals surface area contributed by atoms with Gasteiger partial charge in [-0.15, -0.1) is 0 Å². The van der Waals surface area contributed by atoms with Crippen LogP contribution in [0.1, 0.15) is 24.3 Å². The van der Waals surface area contributed by atoms with Gasteiger partial charge in [-0.2, -0.15) is 0 Å². The lowest BCUT2D eigenvalue weighted by molar-refractivity contribution is 0.101. The van der Waals surface area contributed by atoms with E-state index in [1.54, 1.807) is 12.3 Å². The van der Waals surface area contributed by atoms with E-state index in [-0.39, 0.29) is 5.78 Å². The van der Waals surface area contributed by atoms with Gasteiger partial charge in [-0.1, -0.05) is 18.2 Å². The van der Waals surface area contributed by atoms with E-state index in [9.17, 15) is 4.79 Å². The highest BCUT2D eigenvalue weighted by atomic mass is 16.1. The van der Waals surface area contributed by atoms with Gasteiger partial charge in [0.2, 0.25) is 0 Å². The van der Waals surface area contributed by atoms with Crippen molar-refractivity contribution in [1.82, 2.24) is 4.98 Å². The Morgan fingerprint density at radius 2 is 1.83 bits per heavy atom. The minimum Gasteiger partial charge on any atom is -0.341 e. The molecule has 0 amide bonds. The molecule has 18 heavy (non-hydrogen) atoms. The highest BCUT2D eigenvalue weighted by Gasteiger charge is 2.08. The number of benzene rings is 1. The van der Waals surface area contributed by atoms with Crippen molar-refractivity contribution in [2.24, 2.45) is 0 Å². The van der Waals surface area contributed by atoms with Crippen molar-refractivity contribution in [1.29, 1.82) is 0 Å². The largest absolute Gasteiger partial charge is 0.341 e. The maximum absolute atomic E-state index is 11.2. The van der Waals surface area contributed by atoms with Crippen LogP contribution >= 0.6 is 0 Å². The van der Waals surface area contributed by atoms with Crippen LogP contribution in [0.4, 0.5) is 11.4 Å². The fourth-order valence-electron chi connectivity index (χ4n) is 1.88. The first-order valence-electron chi connectivity index (χ1n) is 6.02. The fourth-order valence-corrected chi connectivity index (χ4v) is 1.88. The van der Waals surface area contributed by atoms with E-state index in [1.165, 1.54) is 6.92 Å². The summed E-state index contributed by atoms with van der Waals surface area (Å²) in [5.41, 5.74) is 2.62. The second kappa shape index (κ2) is 5.45. The average Bonchev–Trinajstić information content (AvgIpc) is 2.41. The van der Waals surface area contributed by atoms with E-state index in [4.69, 9.17) is 0 Å². The zero-order chi connectivity index (χ0) is 13.0. The van der Waals surface area contributed by atoms with Gasteiger partial charge < -0.3 is 4.90 Å². The molecule has 0 aliphatic rings. The number of ketones is 1.